The smallest absolute Gasteiger partial charge is 0.248 e. The van der Waals surface area contributed by atoms with E-state index in [0.29, 0.717) is 0 Å². The Labute approximate surface area is 47.9 Å². The molecule has 0 bridgehead atoms. The van der Waals surface area contributed by atoms with E-state index < -0.39 is 0 Å². The van der Waals surface area contributed by atoms with Crippen LogP contribution in [0.3, 0.4) is 0 Å². The first-order chi connectivity index (χ1) is 3.70. The topological polar surface area (TPSA) is 29.1 Å². The highest BCUT2D eigenvalue weighted by molar-refractivity contribution is 5.94. The van der Waals surface area contributed by atoms with E-state index in [-0.39, 0.29) is 5.91 Å². The summed E-state index contributed by atoms with van der Waals surface area (Å²) in [5.74, 6) is -0.0625. The first-order valence-electron chi connectivity index (χ1n) is 2.39. The molecule has 0 saturated heterocycles. The van der Waals surface area contributed by atoms with Crippen LogP contribution in [0.25, 0.3) is 0 Å². The Kier molecular flexibility index (Phi) is 0.938. The fourth-order valence-electron chi connectivity index (χ4n) is 0.567. The lowest BCUT2D eigenvalue weighted by molar-refractivity contribution is -0.115. The quantitative estimate of drug-likeness (QED) is 0.484. The van der Waals surface area contributed by atoms with Gasteiger partial charge in [0.15, 0.2) is 0 Å². The van der Waals surface area contributed by atoms with E-state index in [1.165, 1.54) is 6.08 Å². The van der Waals surface area contributed by atoms with E-state index in [1.54, 1.807) is 0 Å². The van der Waals surface area contributed by atoms with Crippen LogP contribution in [-0.4, -0.2) is 5.91 Å². The molecule has 0 radical (unpaired) electrons. The number of allylic oxidation sites excluding steroid dienone is 1. The largest absolute Gasteiger partial charge is 0.323 e. The van der Waals surface area contributed by atoms with Crippen LogP contribution >= 0.6 is 0 Å². The summed E-state index contributed by atoms with van der Waals surface area (Å²) < 4.78 is 0. The summed E-state index contributed by atoms with van der Waals surface area (Å²) in [6, 6.07) is 0. The molecule has 0 aromatic carbocycles. The minimum Gasteiger partial charge on any atom is -0.323 e. The number of carbonyl (C=O) groups is 1. The third-order valence-electron chi connectivity index (χ3n) is 1.10. The van der Waals surface area contributed by atoms with Crippen molar-refractivity contribution in [3.63, 3.8) is 0 Å². The lowest BCUT2D eigenvalue weighted by Gasteiger charge is -1.92. The van der Waals surface area contributed by atoms with E-state index in [4.69, 9.17) is 0 Å². The van der Waals surface area contributed by atoms with Gasteiger partial charge in [-0.05, 0) is 12.5 Å². The molecule has 0 atom stereocenters. The molecule has 42 valence electrons. The van der Waals surface area contributed by atoms with Crippen LogP contribution in [0.5, 0.6) is 0 Å². The Bertz CT molecular complexity index is 179. The summed E-state index contributed by atoms with van der Waals surface area (Å²) >= 11 is 0. The monoisotopic (exact) mass is 109 g/mol. The molecule has 8 heavy (non-hydrogen) atoms. The van der Waals surface area contributed by atoms with Gasteiger partial charge in [0.2, 0.25) is 5.91 Å². The molecule has 0 unspecified atom stereocenters. The number of nitrogens with one attached hydrogen (secondary N) is 1. The predicted molar refractivity (Wildman–Crippen MR) is 31.0 cm³/mol. The van der Waals surface area contributed by atoms with Crippen LogP contribution in [0.4, 0.5) is 0 Å². The van der Waals surface area contributed by atoms with Gasteiger partial charge in [0, 0.05) is 11.8 Å². The molecule has 1 N–H and O–H groups in total. The molecule has 1 aliphatic heterocycles. The van der Waals surface area contributed by atoms with E-state index in [2.05, 4.69) is 11.9 Å². The third-order valence-corrected chi connectivity index (χ3v) is 1.10. The van der Waals surface area contributed by atoms with Crippen LogP contribution in [0, 0.1) is 0 Å². The Morgan fingerprint density at radius 1 is 1.75 bits per heavy atom. The molecule has 1 amide bonds. The van der Waals surface area contributed by atoms with Crippen molar-refractivity contribution in [1.29, 1.82) is 0 Å². The number of carbonyl (C=O) groups excluding carboxylic acids is 1. The normalized spacial score (nSPS) is 18.4. The van der Waals surface area contributed by atoms with Crippen molar-refractivity contribution in [1.82, 2.24) is 5.32 Å². The zero-order valence-electron chi connectivity index (χ0n) is 4.69. The Hall–Kier alpha value is -1.05. The fourth-order valence-corrected chi connectivity index (χ4v) is 0.567. The molecule has 0 aliphatic carbocycles. The SMILES string of the molecule is C=C1NC(=O)C=C1C. The van der Waals surface area contributed by atoms with Gasteiger partial charge in [-0.25, -0.2) is 0 Å². The molecule has 0 aromatic rings. The zero-order chi connectivity index (χ0) is 6.15. The minimum absolute atomic E-state index is 0.0625. The Balaban J connectivity index is 2.88. The molecule has 2 nitrogen and oxygen atoms in total. The molecule has 0 aromatic heterocycles. The van der Waals surface area contributed by atoms with Gasteiger partial charge in [0.05, 0.1) is 0 Å². The lowest BCUT2D eigenvalue weighted by atomic mass is 10.3. The molecule has 2 heteroatoms. The first-order valence-corrected chi connectivity index (χ1v) is 2.39. The van der Waals surface area contributed by atoms with Crippen molar-refractivity contribution in [3.05, 3.63) is 23.9 Å². The molecule has 0 spiro atoms. The van der Waals surface area contributed by atoms with E-state index in [9.17, 15) is 4.79 Å². The van der Waals surface area contributed by atoms with Crippen LogP contribution in [0.1, 0.15) is 6.92 Å². The van der Waals surface area contributed by atoms with Crippen molar-refractivity contribution in [2.75, 3.05) is 0 Å². The molecule has 0 saturated carbocycles. The highest BCUT2D eigenvalue weighted by Gasteiger charge is 2.09. The molecule has 1 aliphatic rings. The maximum absolute atomic E-state index is 10.4. The number of rotatable bonds is 0. The van der Waals surface area contributed by atoms with Gasteiger partial charge in [-0.2, -0.15) is 0 Å². The summed E-state index contributed by atoms with van der Waals surface area (Å²) in [5, 5.41) is 2.54. The van der Waals surface area contributed by atoms with Crippen LogP contribution in [0.15, 0.2) is 23.9 Å². The lowest BCUT2D eigenvalue weighted by Crippen LogP contribution is -2.12. The maximum Gasteiger partial charge on any atom is 0.248 e. The number of amides is 1. The Morgan fingerprint density at radius 3 is 2.50 bits per heavy atom. The van der Waals surface area contributed by atoms with Gasteiger partial charge in [0.1, 0.15) is 0 Å². The van der Waals surface area contributed by atoms with Gasteiger partial charge < -0.3 is 5.32 Å². The number of hydrogen-bond donors (Lipinski definition) is 1. The summed E-state index contributed by atoms with van der Waals surface area (Å²) in [6.45, 7) is 5.43. The molecular weight excluding hydrogens is 102 g/mol. The van der Waals surface area contributed by atoms with Crippen LogP contribution in [-0.2, 0) is 4.79 Å². The van der Waals surface area contributed by atoms with E-state index in [1.807, 2.05) is 6.92 Å². The second-order valence-electron chi connectivity index (χ2n) is 1.80. The highest BCUT2D eigenvalue weighted by Crippen LogP contribution is 2.08. The summed E-state index contributed by atoms with van der Waals surface area (Å²) in [6.07, 6.45) is 1.53. The van der Waals surface area contributed by atoms with Crippen molar-refractivity contribution in [2.24, 2.45) is 0 Å². The van der Waals surface area contributed by atoms with Crippen LogP contribution < -0.4 is 5.32 Å². The van der Waals surface area contributed by atoms with Gasteiger partial charge in [0.25, 0.3) is 0 Å². The van der Waals surface area contributed by atoms with Gasteiger partial charge in [-0.3, -0.25) is 4.79 Å². The molecular formula is C6H7NO. The zero-order valence-corrected chi connectivity index (χ0v) is 4.69. The number of hydrogen-bond acceptors (Lipinski definition) is 1. The van der Waals surface area contributed by atoms with Gasteiger partial charge in [-0.15, -0.1) is 0 Å². The van der Waals surface area contributed by atoms with Crippen molar-refractivity contribution < 1.29 is 4.79 Å². The Morgan fingerprint density at radius 2 is 2.38 bits per heavy atom. The fraction of sp³-hybridized carbons (Fsp3) is 0.167. The second kappa shape index (κ2) is 1.47. The van der Waals surface area contributed by atoms with Gasteiger partial charge >= 0.3 is 0 Å². The summed E-state index contributed by atoms with van der Waals surface area (Å²) in [4.78, 5) is 10.4. The van der Waals surface area contributed by atoms with Crippen LogP contribution in [0.2, 0.25) is 0 Å². The first kappa shape index (κ1) is 5.09. The maximum atomic E-state index is 10.4. The van der Waals surface area contributed by atoms with E-state index in [0.717, 1.165) is 11.3 Å². The minimum atomic E-state index is -0.0625. The average molecular weight is 109 g/mol. The van der Waals surface area contributed by atoms with Crippen molar-refractivity contribution in [3.8, 4) is 0 Å². The van der Waals surface area contributed by atoms with E-state index >= 15 is 0 Å². The van der Waals surface area contributed by atoms with Crippen molar-refractivity contribution >= 4 is 5.91 Å². The average Bonchev–Trinajstić information content (AvgIpc) is 1.85. The standard InChI is InChI=1S/C6H7NO/c1-4-3-6(8)7-5(4)2/h3H,2H2,1H3,(H,7,8). The second-order valence-corrected chi connectivity index (χ2v) is 1.80. The molecule has 0 fully saturated rings. The summed E-state index contributed by atoms with van der Waals surface area (Å²) in [7, 11) is 0. The third kappa shape index (κ3) is 0.644. The highest BCUT2D eigenvalue weighted by atomic mass is 16.1. The molecule has 1 rings (SSSR count). The summed E-state index contributed by atoms with van der Waals surface area (Å²) in [5.41, 5.74) is 1.64. The van der Waals surface area contributed by atoms with Crippen molar-refractivity contribution in [2.45, 2.75) is 6.92 Å². The molecule has 1 heterocycles. The van der Waals surface area contributed by atoms with Gasteiger partial charge in [-0.1, -0.05) is 6.58 Å². The predicted octanol–water partition coefficient (Wildman–Crippen LogP) is 0.576.